The first-order valence-electron chi connectivity index (χ1n) is 6.85. The molecular formula is C16H28N2. The Morgan fingerprint density at radius 3 is 2.33 bits per heavy atom. The van der Waals surface area contributed by atoms with Crippen LogP contribution in [0.3, 0.4) is 0 Å². The highest BCUT2D eigenvalue weighted by atomic mass is 15.1. The van der Waals surface area contributed by atoms with Gasteiger partial charge in [-0.05, 0) is 18.0 Å². The maximum Gasteiger partial charge on any atom is 0.0230 e. The molecule has 0 saturated carbocycles. The third kappa shape index (κ3) is 6.18. The Hall–Kier alpha value is -0.860. The topological polar surface area (TPSA) is 15.3 Å². The molecule has 0 bridgehead atoms. The Balaban J connectivity index is 2.41. The summed E-state index contributed by atoms with van der Waals surface area (Å²) in [5.74, 6) is 0. The van der Waals surface area contributed by atoms with Gasteiger partial charge >= 0.3 is 0 Å². The highest BCUT2D eigenvalue weighted by Crippen LogP contribution is 2.16. The van der Waals surface area contributed by atoms with Gasteiger partial charge in [-0.3, -0.25) is 0 Å². The van der Waals surface area contributed by atoms with E-state index in [9.17, 15) is 0 Å². The second kappa shape index (κ2) is 6.91. The summed E-state index contributed by atoms with van der Waals surface area (Å²) in [5.41, 5.74) is 1.68. The van der Waals surface area contributed by atoms with Crippen molar-refractivity contribution in [2.24, 2.45) is 5.41 Å². The predicted molar refractivity (Wildman–Crippen MR) is 79.7 cm³/mol. The van der Waals surface area contributed by atoms with Crippen LogP contribution in [0.15, 0.2) is 30.3 Å². The second-order valence-electron chi connectivity index (χ2n) is 6.36. The molecule has 0 amide bonds. The molecule has 18 heavy (non-hydrogen) atoms. The largest absolute Gasteiger partial charge is 0.314 e. The fourth-order valence-electron chi connectivity index (χ4n) is 2.22. The lowest BCUT2D eigenvalue weighted by Crippen LogP contribution is -2.40. The van der Waals surface area contributed by atoms with E-state index in [0.717, 1.165) is 19.6 Å². The van der Waals surface area contributed by atoms with Crippen LogP contribution < -0.4 is 5.32 Å². The monoisotopic (exact) mass is 248 g/mol. The van der Waals surface area contributed by atoms with Gasteiger partial charge in [-0.2, -0.15) is 0 Å². The molecule has 0 unspecified atom stereocenters. The van der Waals surface area contributed by atoms with Gasteiger partial charge in [-0.1, -0.05) is 58.0 Å². The SMILES string of the molecule is CC(C)NCC(C)(C)CN(C)Cc1ccccc1. The first kappa shape index (κ1) is 15.2. The Kier molecular flexibility index (Phi) is 5.83. The molecule has 0 radical (unpaired) electrons. The van der Waals surface area contributed by atoms with E-state index in [4.69, 9.17) is 0 Å². The molecule has 1 rings (SSSR count). The average Bonchev–Trinajstić information content (AvgIpc) is 2.27. The quantitative estimate of drug-likeness (QED) is 0.797. The van der Waals surface area contributed by atoms with Crippen LogP contribution in [0.1, 0.15) is 33.3 Å². The summed E-state index contributed by atoms with van der Waals surface area (Å²) in [4.78, 5) is 2.40. The first-order chi connectivity index (χ1) is 8.39. The number of nitrogens with zero attached hydrogens (tertiary/aromatic N) is 1. The van der Waals surface area contributed by atoms with E-state index >= 15 is 0 Å². The summed E-state index contributed by atoms with van der Waals surface area (Å²) < 4.78 is 0. The van der Waals surface area contributed by atoms with Crippen LogP contribution in [0.5, 0.6) is 0 Å². The van der Waals surface area contributed by atoms with Gasteiger partial charge in [0.05, 0.1) is 0 Å². The lowest BCUT2D eigenvalue weighted by atomic mass is 9.92. The predicted octanol–water partition coefficient (Wildman–Crippen LogP) is 3.14. The summed E-state index contributed by atoms with van der Waals surface area (Å²) in [6.07, 6.45) is 0. The van der Waals surface area contributed by atoms with Crippen molar-refractivity contribution < 1.29 is 0 Å². The Bertz CT molecular complexity index is 330. The van der Waals surface area contributed by atoms with Crippen molar-refractivity contribution in [3.05, 3.63) is 35.9 Å². The van der Waals surface area contributed by atoms with E-state index in [-0.39, 0.29) is 0 Å². The highest BCUT2D eigenvalue weighted by Gasteiger charge is 2.20. The molecule has 0 fully saturated rings. The third-order valence-corrected chi connectivity index (χ3v) is 2.98. The third-order valence-electron chi connectivity index (χ3n) is 2.98. The fraction of sp³-hybridized carbons (Fsp3) is 0.625. The average molecular weight is 248 g/mol. The molecule has 0 atom stereocenters. The van der Waals surface area contributed by atoms with Crippen LogP contribution in [0.4, 0.5) is 0 Å². The van der Waals surface area contributed by atoms with Gasteiger partial charge in [0.25, 0.3) is 0 Å². The number of hydrogen-bond donors (Lipinski definition) is 1. The second-order valence-corrected chi connectivity index (χ2v) is 6.36. The molecule has 2 heteroatoms. The van der Waals surface area contributed by atoms with Crippen LogP contribution in [0.25, 0.3) is 0 Å². The smallest absolute Gasteiger partial charge is 0.0230 e. The van der Waals surface area contributed by atoms with Gasteiger partial charge in [-0.15, -0.1) is 0 Å². The molecule has 0 aliphatic carbocycles. The minimum absolute atomic E-state index is 0.299. The van der Waals surface area contributed by atoms with E-state index in [0.29, 0.717) is 11.5 Å². The zero-order valence-electron chi connectivity index (χ0n) is 12.5. The van der Waals surface area contributed by atoms with E-state index in [1.807, 2.05) is 0 Å². The van der Waals surface area contributed by atoms with Gasteiger partial charge in [0.15, 0.2) is 0 Å². The molecule has 1 aromatic carbocycles. The number of rotatable bonds is 7. The molecule has 2 nitrogen and oxygen atoms in total. The van der Waals surface area contributed by atoms with E-state index < -0.39 is 0 Å². The summed E-state index contributed by atoms with van der Waals surface area (Å²) in [6, 6.07) is 11.2. The van der Waals surface area contributed by atoms with Crippen molar-refractivity contribution >= 4 is 0 Å². The van der Waals surface area contributed by atoms with E-state index in [1.165, 1.54) is 5.56 Å². The summed E-state index contributed by atoms with van der Waals surface area (Å²) in [6.45, 7) is 12.2. The maximum absolute atomic E-state index is 3.53. The van der Waals surface area contributed by atoms with Crippen molar-refractivity contribution in [1.82, 2.24) is 10.2 Å². The van der Waals surface area contributed by atoms with Gasteiger partial charge in [0.2, 0.25) is 0 Å². The zero-order valence-corrected chi connectivity index (χ0v) is 12.5. The summed E-state index contributed by atoms with van der Waals surface area (Å²) >= 11 is 0. The van der Waals surface area contributed by atoms with Crippen LogP contribution in [0, 0.1) is 5.41 Å². The van der Waals surface area contributed by atoms with Crippen molar-refractivity contribution in [2.75, 3.05) is 20.1 Å². The Labute approximate surface area is 112 Å². The van der Waals surface area contributed by atoms with Crippen molar-refractivity contribution in [3.63, 3.8) is 0 Å². The molecule has 102 valence electrons. The summed E-state index contributed by atoms with van der Waals surface area (Å²) in [5, 5.41) is 3.53. The maximum atomic E-state index is 3.53. The van der Waals surface area contributed by atoms with Gasteiger partial charge < -0.3 is 10.2 Å². The summed E-state index contributed by atoms with van der Waals surface area (Å²) in [7, 11) is 2.20. The van der Waals surface area contributed by atoms with Crippen molar-refractivity contribution in [1.29, 1.82) is 0 Å². The number of benzene rings is 1. The van der Waals surface area contributed by atoms with Crippen LogP contribution >= 0.6 is 0 Å². The molecule has 1 aromatic rings. The van der Waals surface area contributed by atoms with Gasteiger partial charge in [-0.25, -0.2) is 0 Å². The van der Waals surface area contributed by atoms with Crippen LogP contribution in [-0.2, 0) is 6.54 Å². The molecule has 0 aliphatic heterocycles. The minimum Gasteiger partial charge on any atom is -0.314 e. The molecular weight excluding hydrogens is 220 g/mol. The molecule has 0 aromatic heterocycles. The molecule has 0 heterocycles. The first-order valence-corrected chi connectivity index (χ1v) is 6.85. The molecule has 0 spiro atoms. The highest BCUT2D eigenvalue weighted by molar-refractivity contribution is 5.14. The standard InChI is InChI=1S/C16H28N2/c1-14(2)17-12-16(3,4)13-18(5)11-15-9-7-6-8-10-15/h6-10,14,17H,11-13H2,1-5H3. The van der Waals surface area contributed by atoms with Gasteiger partial charge in [0.1, 0.15) is 0 Å². The lowest BCUT2D eigenvalue weighted by molar-refractivity contribution is 0.195. The molecule has 0 saturated heterocycles. The van der Waals surface area contributed by atoms with E-state index in [2.05, 4.69) is 75.3 Å². The zero-order chi connectivity index (χ0) is 13.6. The normalized spacial score (nSPS) is 12.4. The van der Waals surface area contributed by atoms with Crippen LogP contribution in [-0.4, -0.2) is 31.1 Å². The van der Waals surface area contributed by atoms with E-state index in [1.54, 1.807) is 0 Å². The Morgan fingerprint density at radius 2 is 1.78 bits per heavy atom. The molecule has 0 aliphatic rings. The number of nitrogens with one attached hydrogen (secondary N) is 1. The van der Waals surface area contributed by atoms with Crippen molar-refractivity contribution in [3.8, 4) is 0 Å². The van der Waals surface area contributed by atoms with Gasteiger partial charge in [0, 0.05) is 25.7 Å². The minimum atomic E-state index is 0.299. The Morgan fingerprint density at radius 1 is 1.17 bits per heavy atom. The number of hydrogen-bond acceptors (Lipinski definition) is 2. The molecule has 1 N–H and O–H groups in total. The lowest BCUT2D eigenvalue weighted by Gasteiger charge is -2.31. The van der Waals surface area contributed by atoms with Crippen molar-refractivity contribution in [2.45, 2.75) is 40.3 Å². The van der Waals surface area contributed by atoms with Crippen LogP contribution in [0.2, 0.25) is 0 Å². The fourth-order valence-corrected chi connectivity index (χ4v) is 2.22.